The van der Waals surface area contributed by atoms with Crippen LogP contribution in [0.2, 0.25) is 0 Å². The SMILES string of the molecule is CCOC(=O)N(C)c1ccc(NC(=O)c2ccccc2NS(=O)(=O)c2cc(C)ccc2C)cc1. The number of amides is 2. The van der Waals surface area contributed by atoms with Gasteiger partial charge in [-0.1, -0.05) is 24.3 Å². The number of rotatable bonds is 7. The normalized spacial score (nSPS) is 10.9. The predicted molar refractivity (Wildman–Crippen MR) is 133 cm³/mol. The maximum absolute atomic E-state index is 13.0. The summed E-state index contributed by atoms with van der Waals surface area (Å²) in [7, 11) is -2.32. The zero-order valence-electron chi connectivity index (χ0n) is 19.5. The molecule has 8 nitrogen and oxygen atoms in total. The van der Waals surface area contributed by atoms with Crippen molar-refractivity contribution in [3.05, 3.63) is 83.4 Å². The minimum absolute atomic E-state index is 0.156. The number of carbonyl (C=O) groups excluding carboxylic acids is 2. The van der Waals surface area contributed by atoms with E-state index in [1.54, 1.807) is 75.5 Å². The molecule has 9 heteroatoms. The first kappa shape index (κ1) is 24.8. The van der Waals surface area contributed by atoms with Gasteiger partial charge in [0.25, 0.3) is 15.9 Å². The van der Waals surface area contributed by atoms with Gasteiger partial charge in [0.2, 0.25) is 0 Å². The van der Waals surface area contributed by atoms with Gasteiger partial charge < -0.3 is 10.1 Å². The second-order valence-electron chi connectivity index (χ2n) is 7.68. The molecule has 0 heterocycles. The number of nitrogens with one attached hydrogen (secondary N) is 2. The van der Waals surface area contributed by atoms with Crippen LogP contribution in [0.1, 0.15) is 28.4 Å². The van der Waals surface area contributed by atoms with Gasteiger partial charge in [0.15, 0.2) is 0 Å². The number of nitrogens with zero attached hydrogens (tertiary/aromatic N) is 1. The predicted octanol–water partition coefficient (Wildman–Crippen LogP) is 4.95. The van der Waals surface area contributed by atoms with E-state index in [2.05, 4.69) is 10.0 Å². The zero-order chi connectivity index (χ0) is 24.9. The fraction of sp³-hybridized carbons (Fsp3) is 0.200. The van der Waals surface area contributed by atoms with E-state index in [4.69, 9.17) is 4.74 Å². The second kappa shape index (κ2) is 10.4. The van der Waals surface area contributed by atoms with Crippen LogP contribution in [-0.4, -0.2) is 34.1 Å². The minimum Gasteiger partial charge on any atom is -0.449 e. The van der Waals surface area contributed by atoms with Crippen molar-refractivity contribution < 1.29 is 22.7 Å². The van der Waals surface area contributed by atoms with E-state index in [1.165, 1.54) is 11.0 Å². The Morgan fingerprint density at radius 2 is 1.65 bits per heavy atom. The summed E-state index contributed by atoms with van der Waals surface area (Å²) in [5.41, 5.74) is 2.84. The molecule has 0 saturated heterocycles. The number of para-hydroxylation sites is 1. The van der Waals surface area contributed by atoms with Crippen LogP contribution in [0.3, 0.4) is 0 Å². The average molecular weight is 482 g/mol. The molecule has 0 aromatic heterocycles. The van der Waals surface area contributed by atoms with Crippen molar-refractivity contribution in [2.45, 2.75) is 25.7 Å². The van der Waals surface area contributed by atoms with Gasteiger partial charge in [-0.2, -0.15) is 0 Å². The Balaban J connectivity index is 1.80. The summed E-state index contributed by atoms with van der Waals surface area (Å²) in [5.74, 6) is -0.481. The number of sulfonamides is 1. The molecular formula is C25H27N3O5S. The molecule has 0 aliphatic carbocycles. The summed E-state index contributed by atoms with van der Waals surface area (Å²) < 4.78 is 33.6. The van der Waals surface area contributed by atoms with E-state index >= 15 is 0 Å². The van der Waals surface area contributed by atoms with Crippen molar-refractivity contribution in [3.63, 3.8) is 0 Å². The maximum Gasteiger partial charge on any atom is 0.413 e. The number of aryl methyl sites for hydroxylation is 2. The molecule has 34 heavy (non-hydrogen) atoms. The average Bonchev–Trinajstić information content (AvgIpc) is 2.80. The smallest absolute Gasteiger partial charge is 0.413 e. The highest BCUT2D eigenvalue weighted by Crippen LogP contribution is 2.24. The first-order valence-corrected chi connectivity index (χ1v) is 12.1. The quantitative estimate of drug-likeness (QED) is 0.497. The van der Waals surface area contributed by atoms with Gasteiger partial charge in [-0.3, -0.25) is 14.4 Å². The molecule has 2 N–H and O–H groups in total. The van der Waals surface area contributed by atoms with Crippen molar-refractivity contribution >= 4 is 39.1 Å². The fourth-order valence-corrected chi connectivity index (χ4v) is 4.67. The molecule has 0 atom stereocenters. The molecule has 3 rings (SSSR count). The van der Waals surface area contributed by atoms with Crippen molar-refractivity contribution in [2.75, 3.05) is 28.6 Å². The maximum atomic E-state index is 13.0. The van der Waals surface area contributed by atoms with Crippen LogP contribution in [0, 0.1) is 13.8 Å². The van der Waals surface area contributed by atoms with Gasteiger partial charge in [0.05, 0.1) is 22.8 Å². The van der Waals surface area contributed by atoms with Crippen molar-refractivity contribution in [1.82, 2.24) is 0 Å². The summed E-state index contributed by atoms with van der Waals surface area (Å²) in [6, 6.07) is 18.2. The summed E-state index contributed by atoms with van der Waals surface area (Å²) in [6.07, 6.45) is -0.482. The summed E-state index contributed by atoms with van der Waals surface area (Å²) in [5, 5.41) is 2.76. The highest BCUT2D eigenvalue weighted by molar-refractivity contribution is 7.92. The van der Waals surface area contributed by atoms with Gasteiger partial charge in [-0.25, -0.2) is 13.2 Å². The minimum atomic E-state index is -3.90. The Bertz CT molecular complexity index is 1300. The molecule has 3 aromatic rings. The lowest BCUT2D eigenvalue weighted by Gasteiger charge is -2.17. The molecule has 0 fully saturated rings. The van der Waals surface area contributed by atoms with Crippen LogP contribution in [-0.2, 0) is 14.8 Å². The van der Waals surface area contributed by atoms with Crippen LogP contribution in [0.5, 0.6) is 0 Å². The van der Waals surface area contributed by atoms with E-state index < -0.39 is 22.0 Å². The summed E-state index contributed by atoms with van der Waals surface area (Å²) >= 11 is 0. The van der Waals surface area contributed by atoms with Crippen molar-refractivity contribution in [2.24, 2.45) is 0 Å². The number of ether oxygens (including phenoxy) is 1. The molecule has 0 radical (unpaired) electrons. The number of carbonyl (C=O) groups is 2. The molecule has 0 spiro atoms. The van der Waals surface area contributed by atoms with E-state index in [0.717, 1.165) is 5.56 Å². The highest BCUT2D eigenvalue weighted by Gasteiger charge is 2.21. The van der Waals surface area contributed by atoms with Gasteiger partial charge in [0.1, 0.15) is 0 Å². The second-order valence-corrected chi connectivity index (χ2v) is 9.33. The summed E-state index contributed by atoms with van der Waals surface area (Å²) in [4.78, 5) is 26.3. The van der Waals surface area contributed by atoms with Crippen LogP contribution in [0.25, 0.3) is 0 Å². The Morgan fingerprint density at radius 1 is 0.971 bits per heavy atom. The Hall–Kier alpha value is -3.85. The topological polar surface area (TPSA) is 105 Å². The third-order valence-corrected chi connectivity index (χ3v) is 6.61. The van der Waals surface area contributed by atoms with E-state index in [0.29, 0.717) is 16.9 Å². The molecular weight excluding hydrogens is 454 g/mol. The monoisotopic (exact) mass is 481 g/mol. The van der Waals surface area contributed by atoms with E-state index in [1.807, 2.05) is 13.0 Å². The Morgan fingerprint density at radius 3 is 2.32 bits per heavy atom. The van der Waals surface area contributed by atoms with Gasteiger partial charge in [0, 0.05) is 18.4 Å². The van der Waals surface area contributed by atoms with Crippen LogP contribution >= 0.6 is 0 Å². The lowest BCUT2D eigenvalue weighted by molar-refractivity contribution is 0.102. The number of benzene rings is 3. The Kier molecular flexibility index (Phi) is 7.57. The molecule has 0 bridgehead atoms. The molecule has 0 saturated carbocycles. The Labute approximate surface area is 199 Å². The molecule has 0 aliphatic heterocycles. The van der Waals surface area contributed by atoms with Crippen LogP contribution in [0.15, 0.2) is 71.6 Å². The molecule has 0 aliphatic rings. The van der Waals surface area contributed by atoms with Gasteiger partial charge >= 0.3 is 6.09 Å². The fourth-order valence-electron chi connectivity index (χ4n) is 3.26. The lowest BCUT2D eigenvalue weighted by Crippen LogP contribution is -2.26. The molecule has 2 amide bonds. The van der Waals surface area contributed by atoms with E-state index in [-0.39, 0.29) is 22.8 Å². The standard InChI is InChI=1S/C25H27N3O5S/c1-5-33-25(30)28(4)20-14-12-19(13-15-20)26-24(29)21-8-6-7-9-22(21)27-34(31,32)23-16-17(2)10-11-18(23)3/h6-16,27H,5H2,1-4H3,(H,26,29). The van der Waals surface area contributed by atoms with Gasteiger partial charge in [-0.15, -0.1) is 0 Å². The van der Waals surface area contributed by atoms with Crippen molar-refractivity contribution in [3.8, 4) is 0 Å². The van der Waals surface area contributed by atoms with Crippen LogP contribution < -0.4 is 14.9 Å². The van der Waals surface area contributed by atoms with Gasteiger partial charge in [-0.05, 0) is 74.4 Å². The number of hydrogen-bond donors (Lipinski definition) is 2. The molecule has 178 valence electrons. The van der Waals surface area contributed by atoms with E-state index in [9.17, 15) is 18.0 Å². The van der Waals surface area contributed by atoms with Crippen LogP contribution in [0.4, 0.5) is 21.9 Å². The number of anilines is 3. The zero-order valence-corrected chi connectivity index (χ0v) is 20.3. The third-order valence-electron chi connectivity index (χ3n) is 5.10. The number of hydrogen-bond acceptors (Lipinski definition) is 5. The first-order chi connectivity index (χ1) is 16.1. The molecule has 0 unspecified atom stereocenters. The summed E-state index contributed by atoms with van der Waals surface area (Å²) in [6.45, 7) is 5.53. The lowest BCUT2D eigenvalue weighted by atomic mass is 10.1. The third kappa shape index (κ3) is 5.74. The molecule has 3 aromatic carbocycles. The highest BCUT2D eigenvalue weighted by atomic mass is 32.2. The van der Waals surface area contributed by atoms with Crippen molar-refractivity contribution in [1.29, 1.82) is 0 Å². The largest absolute Gasteiger partial charge is 0.449 e. The first-order valence-electron chi connectivity index (χ1n) is 10.6.